The van der Waals surface area contributed by atoms with Gasteiger partial charge in [-0.1, -0.05) is 21.9 Å². The van der Waals surface area contributed by atoms with Crippen LogP contribution in [0.2, 0.25) is 5.15 Å². The SMILES string of the molecule is CC(C)O/N=C/c1c(N=[N+]=[N-])ccnc1Cl. The van der Waals surface area contributed by atoms with Gasteiger partial charge in [0, 0.05) is 16.7 Å². The molecular weight excluding hydrogens is 230 g/mol. The van der Waals surface area contributed by atoms with Gasteiger partial charge in [-0.05, 0) is 25.4 Å². The Hall–Kier alpha value is -1.78. The maximum absolute atomic E-state index is 8.37. The molecule has 0 radical (unpaired) electrons. The summed E-state index contributed by atoms with van der Waals surface area (Å²) in [7, 11) is 0. The van der Waals surface area contributed by atoms with Crippen LogP contribution < -0.4 is 0 Å². The third-order valence-electron chi connectivity index (χ3n) is 1.52. The summed E-state index contributed by atoms with van der Waals surface area (Å²) in [6.45, 7) is 3.69. The van der Waals surface area contributed by atoms with Gasteiger partial charge >= 0.3 is 0 Å². The number of pyridine rings is 1. The smallest absolute Gasteiger partial charge is 0.138 e. The number of aromatic nitrogens is 1. The van der Waals surface area contributed by atoms with Crippen molar-refractivity contribution < 1.29 is 4.84 Å². The molecule has 1 aromatic rings. The molecule has 0 N–H and O–H groups in total. The second-order valence-electron chi connectivity index (χ2n) is 3.11. The van der Waals surface area contributed by atoms with E-state index in [1.807, 2.05) is 13.8 Å². The highest BCUT2D eigenvalue weighted by Crippen LogP contribution is 2.22. The summed E-state index contributed by atoms with van der Waals surface area (Å²) in [5.74, 6) is 0. The van der Waals surface area contributed by atoms with E-state index in [4.69, 9.17) is 22.0 Å². The first-order chi connectivity index (χ1) is 7.65. The van der Waals surface area contributed by atoms with Crippen molar-refractivity contribution in [1.29, 1.82) is 0 Å². The molecule has 0 aromatic carbocycles. The zero-order valence-corrected chi connectivity index (χ0v) is 9.59. The predicted molar refractivity (Wildman–Crippen MR) is 61.9 cm³/mol. The van der Waals surface area contributed by atoms with Gasteiger partial charge in [0.25, 0.3) is 0 Å². The molecule has 6 nitrogen and oxygen atoms in total. The molecular formula is C9H10ClN5O. The summed E-state index contributed by atoms with van der Waals surface area (Å²) in [6, 6.07) is 1.54. The summed E-state index contributed by atoms with van der Waals surface area (Å²) in [4.78, 5) is 11.5. The second-order valence-corrected chi connectivity index (χ2v) is 3.47. The van der Waals surface area contributed by atoms with Crippen molar-refractivity contribution in [3.63, 3.8) is 0 Å². The van der Waals surface area contributed by atoms with Gasteiger partial charge in [-0.15, -0.1) is 0 Å². The van der Waals surface area contributed by atoms with Crippen molar-refractivity contribution in [3.05, 3.63) is 33.4 Å². The van der Waals surface area contributed by atoms with E-state index in [-0.39, 0.29) is 11.3 Å². The molecule has 0 aliphatic carbocycles. The molecule has 1 rings (SSSR count). The van der Waals surface area contributed by atoms with Gasteiger partial charge in [-0.25, -0.2) is 4.98 Å². The van der Waals surface area contributed by atoms with E-state index < -0.39 is 0 Å². The zero-order chi connectivity index (χ0) is 12.0. The van der Waals surface area contributed by atoms with Crippen molar-refractivity contribution >= 4 is 23.5 Å². The lowest BCUT2D eigenvalue weighted by Gasteiger charge is -2.03. The molecule has 0 saturated carbocycles. The number of rotatable bonds is 4. The Bertz CT molecular complexity index is 440. The van der Waals surface area contributed by atoms with Crippen LogP contribution >= 0.6 is 11.6 Å². The number of nitrogens with zero attached hydrogens (tertiary/aromatic N) is 5. The largest absolute Gasteiger partial charge is 0.393 e. The van der Waals surface area contributed by atoms with E-state index in [0.29, 0.717) is 11.3 Å². The maximum Gasteiger partial charge on any atom is 0.138 e. The molecule has 0 amide bonds. The number of hydrogen-bond donors (Lipinski definition) is 0. The molecule has 0 aliphatic rings. The first-order valence-corrected chi connectivity index (χ1v) is 4.91. The Morgan fingerprint density at radius 1 is 1.62 bits per heavy atom. The van der Waals surface area contributed by atoms with Gasteiger partial charge in [-0.3, -0.25) is 0 Å². The van der Waals surface area contributed by atoms with Crippen LogP contribution in [0.1, 0.15) is 19.4 Å². The summed E-state index contributed by atoms with van der Waals surface area (Å²) in [5, 5.41) is 7.40. The average molecular weight is 240 g/mol. The molecule has 1 aromatic heterocycles. The third-order valence-corrected chi connectivity index (χ3v) is 1.83. The van der Waals surface area contributed by atoms with Crippen LogP contribution in [0.4, 0.5) is 5.69 Å². The van der Waals surface area contributed by atoms with Crippen LogP contribution in [0.15, 0.2) is 22.5 Å². The highest BCUT2D eigenvalue weighted by Gasteiger charge is 2.04. The van der Waals surface area contributed by atoms with Crippen LogP contribution in [0.25, 0.3) is 10.4 Å². The Balaban J connectivity index is 3.01. The summed E-state index contributed by atoms with van der Waals surface area (Å²) in [6.07, 6.45) is 2.79. The standard InChI is InChI=1S/C9H10ClN5O/c1-6(2)16-13-5-7-8(14-15-11)3-4-12-9(7)10/h3-6H,1-2H3/b13-5+. The van der Waals surface area contributed by atoms with E-state index >= 15 is 0 Å². The van der Waals surface area contributed by atoms with E-state index in [2.05, 4.69) is 20.2 Å². The molecule has 0 unspecified atom stereocenters. The molecule has 0 bridgehead atoms. The lowest BCUT2D eigenvalue weighted by molar-refractivity contribution is 0.0874. The van der Waals surface area contributed by atoms with Crippen LogP contribution in [-0.2, 0) is 4.84 Å². The molecule has 0 atom stereocenters. The van der Waals surface area contributed by atoms with Crippen molar-refractivity contribution in [3.8, 4) is 0 Å². The molecule has 0 saturated heterocycles. The van der Waals surface area contributed by atoms with Gasteiger partial charge in [0.1, 0.15) is 11.3 Å². The van der Waals surface area contributed by atoms with Crippen molar-refractivity contribution in [2.75, 3.05) is 0 Å². The summed E-state index contributed by atoms with van der Waals surface area (Å²) in [5.41, 5.74) is 9.16. The highest BCUT2D eigenvalue weighted by atomic mass is 35.5. The Morgan fingerprint density at radius 2 is 2.38 bits per heavy atom. The molecule has 0 aliphatic heterocycles. The monoisotopic (exact) mass is 239 g/mol. The van der Waals surface area contributed by atoms with Gasteiger partial charge < -0.3 is 4.84 Å². The minimum Gasteiger partial charge on any atom is -0.393 e. The molecule has 1 heterocycles. The Morgan fingerprint density at radius 3 is 3.00 bits per heavy atom. The number of halogens is 1. The van der Waals surface area contributed by atoms with Crippen LogP contribution in [-0.4, -0.2) is 17.3 Å². The molecule has 84 valence electrons. The van der Waals surface area contributed by atoms with E-state index in [0.717, 1.165) is 0 Å². The fourth-order valence-electron chi connectivity index (χ4n) is 0.898. The van der Waals surface area contributed by atoms with Crippen LogP contribution in [0.5, 0.6) is 0 Å². The number of hydrogen-bond acceptors (Lipinski definition) is 4. The topological polar surface area (TPSA) is 83.2 Å². The predicted octanol–water partition coefficient (Wildman–Crippen LogP) is 3.44. The third kappa shape index (κ3) is 3.42. The maximum atomic E-state index is 8.37. The van der Waals surface area contributed by atoms with Crippen molar-refractivity contribution in [2.45, 2.75) is 20.0 Å². The normalized spacial score (nSPS) is 10.5. The second kappa shape index (κ2) is 5.95. The zero-order valence-electron chi connectivity index (χ0n) is 8.83. The number of oxime groups is 1. The molecule has 0 fully saturated rings. The first-order valence-electron chi connectivity index (χ1n) is 4.54. The molecule has 16 heavy (non-hydrogen) atoms. The van der Waals surface area contributed by atoms with Gasteiger partial charge in [0.05, 0.1) is 11.9 Å². The Kier molecular flexibility index (Phi) is 4.57. The summed E-state index contributed by atoms with van der Waals surface area (Å²) < 4.78 is 0. The molecule has 0 spiro atoms. The van der Waals surface area contributed by atoms with Gasteiger partial charge in [0.2, 0.25) is 0 Å². The lowest BCUT2D eigenvalue weighted by Crippen LogP contribution is -1.96. The van der Waals surface area contributed by atoms with Crippen LogP contribution in [0.3, 0.4) is 0 Å². The quantitative estimate of drug-likeness (QED) is 0.201. The van der Waals surface area contributed by atoms with E-state index in [1.165, 1.54) is 12.4 Å². The van der Waals surface area contributed by atoms with Gasteiger partial charge in [-0.2, -0.15) is 0 Å². The first kappa shape index (κ1) is 12.3. The highest BCUT2D eigenvalue weighted by molar-refractivity contribution is 6.32. The number of azide groups is 1. The minimum absolute atomic E-state index is 0.0328. The summed E-state index contributed by atoms with van der Waals surface area (Å²) >= 11 is 5.84. The van der Waals surface area contributed by atoms with E-state index in [9.17, 15) is 0 Å². The molecule has 7 heteroatoms. The van der Waals surface area contributed by atoms with E-state index in [1.54, 1.807) is 6.07 Å². The Labute approximate surface area is 97.5 Å². The van der Waals surface area contributed by atoms with Crippen molar-refractivity contribution in [1.82, 2.24) is 4.98 Å². The average Bonchev–Trinajstić information content (AvgIpc) is 2.22. The fraction of sp³-hybridized carbons (Fsp3) is 0.333. The van der Waals surface area contributed by atoms with Gasteiger partial charge in [0.15, 0.2) is 0 Å². The minimum atomic E-state index is -0.0328. The fourth-order valence-corrected chi connectivity index (χ4v) is 1.10. The van der Waals surface area contributed by atoms with Crippen molar-refractivity contribution in [2.24, 2.45) is 10.3 Å². The van der Waals surface area contributed by atoms with Crippen LogP contribution in [0, 0.1) is 0 Å². The lowest BCUT2D eigenvalue weighted by atomic mass is 10.2.